The number of hydrogen-bond donors (Lipinski definition) is 1. The molecular weight excluding hydrogens is 254 g/mol. The molecule has 3 saturated heterocycles. The summed E-state index contributed by atoms with van der Waals surface area (Å²) < 4.78 is 21.8. The number of amides is 1. The third kappa shape index (κ3) is 2.36. The number of nitrogens with zero attached hydrogens (tertiary/aromatic N) is 1. The maximum atomic E-state index is 12.3. The molecule has 1 amide bonds. The average molecular weight is 273 g/mol. The van der Waals surface area contributed by atoms with Crippen molar-refractivity contribution in [1.29, 1.82) is 0 Å². The second-order valence-corrected chi connectivity index (χ2v) is 5.45. The van der Waals surface area contributed by atoms with E-state index in [9.17, 15) is 9.90 Å². The summed E-state index contributed by atoms with van der Waals surface area (Å²) in [6.45, 7) is 5.57. The minimum atomic E-state index is -0.998. The first-order chi connectivity index (χ1) is 8.98. The summed E-state index contributed by atoms with van der Waals surface area (Å²) in [5.74, 6) is -1.02. The van der Waals surface area contributed by atoms with Crippen LogP contribution in [0.3, 0.4) is 0 Å². The molecule has 0 aromatic carbocycles. The van der Waals surface area contributed by atoms with Crippen molar-refractivity contribution >= 4 is 5.91 Å². The van der Waals surface area contributed by atoms with Gasteiger partial charge in [0.1, 0.15) is 12.2 Å². The zero-order chi connectivity index (χ0) is 13.6. The largest absolute Gasteiger partial charge is 0.387 e. The molecule has 0 radical (unpaired) electrons. The van der Waals surface area contributed by atoms with Gasteiger partial charge >= 0.3 is 0 Å². The van der Waals surface area contributed by atoms with Gasteiger partial charge in [0, 0.05) is 13.1 Å². The lowest BCUT2D eigenvalue weighted by molar-refractivity contribution is -0.217. The number of ether oxygens (including phenoxy) is 4. The van der Waals surface area contributed by atoms with Gasteiger partial charge < -0.3 is 29.0 Å². The second kappa shape index (κ2) is 4.68. The van der Waals surface area contributed by atoms with E-state index in [4.69, 9.17) is 18.9 Å². The molecule has 3 fully saturated rings. The molecule has 19 heavy (non-hydrogen) atoms. The van der Waals surface area contributed by atoms with Crippen molar-refractivity contribution in [1.82, 2.24) is 4.90 Å². The van der Waals surface area contributed by atoms with Crippen LogP contribution >= 0.6 is 0 Å². The minimum Gasteiger partial charge on any atom is -0.387 e. The summed E-state index contributed by atoms with van der Waals surface area (Å²) in [4.78, 5) is 13.9. The third-order valence-electron chi connectivity index (χ3n) is 3.58. The Morgan fingerprint density at radius 2 is 1.95 bits per heavy atom. The predicted octanol–water partition coefficient (Wildman–Crippen LogP) is -0.917. The van der Waals surface area contributed by atoms with E-state index in [1.807, 2.05) is 0 Å². The zero-order valence-electron chi connectivity index (χ0n) is 11.1. The van der Waals surface area contributed by atoms with Crippen LogP contribution in [0, 0.1) is 0 Å². The number of aliphatic hydroxyl groups excluding tert-OH is 1. The van der Waals surface area contributed by atoms with Crippen LogP contribution in [0.4, 0.5) is 0 Å². The maximum absolute atomic E-state index is 12.3. The number of carbonyl (C=O) groups excluding carboxylic acids is 1. The Hall–Kier alpha value is -0.730. The fraction of sp³-hybridized carbons (Fsp3) is 0.917. The summed E-state index contributed by atoms with van der Waals surface area (Å²) in [7, 11) is 0. The molecule has 3 aliphatic heterocycles. The monoisotopic (exact) mass is 273 g/mol. The number of fused-ring (bicyclic) bond motifs is 1. The molecule has 108 valence electrons. The number of carbonyl (C=O) groups is 1. The molecule has 0 aromatic heterocycles. The topological polar surface area (TPSA) is 77.5 Å². The van der Waals surface area contributed by atoms with E-state index in [2.05, 4.69) is 0 Å². The van der Waals surface area contributed by atoms with Crippen LogP contribution in [-0.4, -0.2) is 72.6 Å². The molecule has 0 unspecified atom stereocenters. The molecular formula is C12H19NO6. The summed E-state index contributed by atoms with van der Waals surface area (Å²) >= 11 is 0. The highest BCUT2D eigenvalue weighted by atomic mass is 16.8. The summed E-state index contributed by atoms with van der Waals surface area (Å²) in [5.41, 5.74) is 0. The van der Waals surface area contributed by atoms with Gasteiger partial charge in [-0.05, 0) is 13.8 Å². The lowest BCUT2D eigenvalue weighted by Gasteiger charge is -2.30. The molecule has 0 bridgehead atoms. The van der Waals surface area contributed by atoms with Gasteiger partial charge in [-0.3, -0.25) is 4.79 Å². The van der Waals surface area contributed by atoms with Crippen molar-refractivity contribution in [3.8, 4) is 0 Å². The Bertz CT molecular complexity index is 367. The number of hydrogen-bond acceptors (Lipinski definition) is 6. The third-order valence-corrected chi connectivity index (χ3v) is 3.58. The van der Waals surface area contributed by atoms with Crippen molar-refractivity contribution in [2.24, 2.45) is 0 Å². The molecule has 7 nitrogen and oxygen atoms in total. The van der Waals surface area contributed by atoms with Crippen molar-refractivity contribution in [2.75, 3.05) is 26.3 Å². The molecule has 3 heterocycles. The second-order valence-electron chi connectivity index (χ2n) is 5.45. The van der Waals surface area contributed by atoms with Gasteiger partial charge in [-0.1, -0.05) is 0 Å². The van der Waals surface area contributed by atoms with Crippen LogP contribution in [0.25, 0.3) is 0 Å². The van der Waals surface area contributed by atoms with E-state index in [-0.39, 0.29) is 5.91 Å². The highest BCUT2D eigenvalue weighted by molar-refractivity contribution is 5.82. The van der Waals surface area contributed by atoms with Gasteiger partial charge in [0.15, 0.2) is 18.2 Å². The van der Waals surface area contributed by atoms with Gasteiger partial charge in [0.25, 0.3) is 5.91 Å². The number of aliphatic hydroxyl groups is 1. The number of rotatable bonds is 1. The van der Waals surface area contributed by atoms with E-state index >= 15 is 0 Å². The van der Waals surface area contributed by atoms with E-state index in [1.54, 1.807) is 18.7 Å². The quantitative estimate of drug-likeness (QED) is 0.666. The predicted molar refractivity (Wildman–Crippen MR) is 62.1 cm³/mol. The van der Waals surface area contributed by atoms with Crippen molar-refractivity contribution < 1.29 is 28.8 Å². The number of morpholine rings is 1. The lowest BCUT2D eigenvalue weighted by Crippen LogP contribution is -2.50. The summed E-state index contributed by atoms with van der Waals surface area (Å²) in [6.07, 6.45) is -3.20. The highest BCUT2D eigenvalue weighted by Crippen LogP contribution is 2.37. The summed E-state index contributed by atoms with van der Waals surface area (Å²) in [6, 6.07) is 0. The fourth-order valence-electron chi connectivity index (χ4n) is 2.66. The highest BCUT2D eigenvalue weighted by Gasteiger charge is 2.56. The first-order valence-electron chi connectivity index (χ1n) is 6.54. The van der Waals surface area contributed by atoms with Gasteiger partial charge in [0.2, 0.25) is 0 Å². The smallest absolute Gasteiger partial charge is 0.254 e. The normalized spacial score (nSPS) is 41.3. The van der Waals surface area contributed by atoms with E-state index in [0.717, 1.165) is 0 Å². The van der Waals surface area contributed by atoms with Gasteiger partial charge in [0.05, 0.1) is 13.2 Å². The molecule has 0 saturated carbocycles. The first-order valence-corrected chi connectivity index (χ1v) is 6.54. The molecule has 0 aromatic rings. The Kier molecular flexibility index (Phi) is 3.26. The SMILES string of the molecule is CC1(C)O[C@@H]2O[C@H](C(=O)N3CCOCC3)[C@H](O)[C@@H]2O1. The zero-order valence-corrected chi connectivity index (χ0v) is 11.1. The van der Waals surface area contributed by atoms with Crippen LogP contribution in [0.1, 0.15) is 13.8 Å². The van der Waals surface area contributed by atoms with Crippen LogP contribution in [0.15, 0.2) is 0 Å². The summed E-state index contributed by atoms with van der Waals surface area (Å²) in [5, 5.41) is 10.2. The van der Waals surface area contributed by atoms with Crippen molar-refractivity contribution in [3.05, 3.63) is 0 Å². The molecule has 0 aliphatic carbocycles. The molecule has 3 aliphatic rings. The maximum Gasteiger partial charge on any atom is 0.254 e. The molecule has 0 spiro atoms. The Morgan fingerprint density at radius 1 is 1.26 bits per heavy atom. The van der Waals surface area contributed by atoms with Gasteiger partial charge in [-0.25, -0.2) is 0 Å². The van der Waals surface area contributed by atoms with Crippen LogP contribution in [0.2, 0.25) is 0 Å². The first kappa shape index (κ1) is 13.3. The molecule has 1 N–H and O–H groups in total. The van der Waals surface area contributed by atoms with Crippen LogP contribution in [0.5, 0.6) is 0 Å². The molecule has 4 atom stereocenters. The Morgan fingerprint density at radius 3 is 2.58 bits per heavy atom. The standard InChI is InChI=1S/C12H19NO6/c1-12(2)18-9-7(14)8(17-11(9)19-12)10(15)13-3-5-16-6-4-13/h7-9,11,14H,3-6H2,1-2H3/t7-,8-,9-,11-/m0/s1. The van der Waals surface area contributed by atoms with E-state index in [0.29, 0.717) is 26.3 Å². The minimum absolute atomic E-state index is 0.227. The van der Waals surface area contributed by atoms with E-state index < -0.39 is 30.4 Å². The average Bonchev–Trinajstić information content (AvgIpc) is 2.84. The fourth-order valence-corrected chi connectivity index (χ4v) is 2.66. The van der Waals surface area contributed by atoms with Gasteiger partial charge in [-0.15, -0.1) is 0 Å². The lowest BCUT2D eigenvalue weighted by atomic mass is 10.1. The van der Waals surface area contributed by atoms with E-state index in [1.165, 1.54) is 0 Å². The molecule has 7 heteroatoms. The van der Waals surface area contributed by atoms with Crippen LogP contribution < -0.4 is 0 Å². The Balaban J connectivity index is 1.66. The van der Waals surface area contributed by atoms with Gasteiger partial charge in [-0.2, -0.15) is 0 Å². The molecule has 3 rings (SSSR count). The van der Waals surface area contributed by atoms with Crippen molar-refractivity contribution in [3.63, 3.8) is 0 Å². The van der Waals surface area contributed by atoms with Crippen LogP contribution in [-0.2, 0) is 23.7 Å². The van der Waals surface area contributed by atoms with Crippen molar-refractivity contribution in [2.45, 2.75) is 44.2 Å². The Labute approximate surface area is 111 Å².